The Kier molecular flexibility index (Phi) is 9.02. The van der Waals surface area contributed by atoms with Crippen molar-refractivity contribution in [3.8, 4) is 0 Å². The maximum atomic E-state index is 14.0. The molecule has 0 aromatic heterocycles. The Morgan fingerprint density at radius 2 is 1.73 bits per heavy atom. The second-order valence-corrected chi connectivity index (χ2v) is 7.93. The number of carbonyl (C=O) groups is 1. The van der Waals surface area contributed by atoms with Crippen molar-refractivity contribution in [3.05, 3.63) is 30.1 Å². The van der Waals surface area contributed by atoms with Crippen molar-refractivity contribution in [2.45, 2.75) is 32.0 Å². The average Bonchev–Trinajstić information content (AvgIpc) is 3.27. The van der Waals surface area contributed by atoms with Gasteiger partial charge in [-0.25, -0.2) is 4.39 Å². The van der Waals surface area contributed by atoms with Gasteiger partial charge in [0.25, 0.3) is 5.91 Å². The Hall–Kier alpha value is -1.58. The molecule has 1 amide bonds. The summed E-state index contributed by atoms with van der Waals surface area (Å²) in [4.78, 5) is 17.6. The van der Waals surface area contributed by atoms with Crippen LogP contribution in [0.1, 0.15) is 26.2 Å². The Labute approximate surface area is 178 Å². The summed E-state index contributed by atoms with van der Waals surface area (Å²) in [6, 6.07) is 6.09. The van der Waals surface area contributed by atoms with Gasteiger partial charge in [-0.05, 0) is 51.4 Å². The van der Waals surface area contributed by atoms with Crippen LogP contribution in [0.4, 0.5) is 10.1 Å². The molecule has 0 aliphatic carbocycles. The van der Waals surface area contributed by atoms with Gasteiger partial charge < -0.3 is 24.4 Å². The SMILES string of the molecule is CC(OCCCN1CCOCC1)(OCCN1CCCC1)C(=O)Nc1ccccc1F. The number of carbonyl (C=O) groups excluding carboxylic acids is 1. The summed E-state index contributed by atoms with van der Waals surface area (Å²) < 4.78 is 31.2. The van der Waals surface area contributed by atoms with E-state index in [-0.39, 0.29) is 5.69 Å². The van der Waals surface area contributed by atoms with E-state index in [1.807, 2.05) is 0 Å². The number of hydrogen-bond donors (Lipinski definition) is 1. The zero-order valence-electron chi connectivity index (χ0n) is 17.9. The van der Waals surface area contributed by atoms with Gasteiger partial charge in [-0.3, -0.25) is 9.69 Å². The molecule has 7 nitrogen and oxygen atoms in total. The quantitative estimate of drug-likeness (QED) is 0.435. The van der Waals surface area contributed by atoms with Crippen LogP contribution in [0.3, 0.4) is 0 Å². The number of para-hydroxylation sites is 1. The van der Waals surface area contributed by atoms with Crippen LogP contribution in [-0.4, -0.2) is 87.2 Å². The Bertz CT molecular complexity index is 666. The maximum Gasteiger partial charge on any atom is 0.284 e. The van der Waals surface area contributed by atoms with Gasteiger partial charge in [-0.15, -0.1) is 0 Å². The molecule has 1 aromatic rings. The number of ether oxygens (including phenoxy) is 3. The van der Waals surface area contributed by atoms with Crippen molar-refractivity contribution in [1.82, 2.24) is 9.80 Å². The number of benzene rings is 1. The molecule has 168 valence electrons. The van der Waals surface area contributed by atoms with E-state index in [2.05, 4.69) is 15.1 Å². The lowest BCUT2D eigenvalue weighted by molar-refractivity contribution is -0.219. The molecule has 0 bridgehead atoms. The van der Waals surface area contributed by atoms with Crippen LogP contribution < -0.4 is 5.32 Å². The number of likely N-dealkylation sites (tertiary alicyclic amines) is 1. The number of halogens is 1. The average molecular weight is 424 g/mol. The molecule has 0 spiro atoms. The summed E-state index contributed by atoms with van der Waals surface area (Å²) in [6.45, 7) is 9.45. The highest BCUT2D eigenvalue weighted by molar-refractivity contribution is 5.96. The first-order valence-electron chi connectivity index (χ1n) is 10.9. The van der Waals surface area contributed by atoms with Gasteiger partial charge in [0.2, 0.25) is 5.79 Å². The van der Waals surface area contributed by atoms with E-state index in [1.165, 1.54) is 25.0 Å². The van der Waals surface area contributed by atoms with Crippen LogP contribution >= 0.6 is 0 Å². The van der Waals surface area contributed by atoms with E-state index in [9.17, 15) is 9.18 Å². The Morgan fingerprint density at radius 1 is 1.07 bits per heavy atom. The fourth-order valence-corrected chi connectivity index (χ4v) is 3.73. The van der Waals surface area contributed by atoms with Crippen molar-refractivity contribution in [2.24, 2.45) is 0 Å². The predicted molar refractivity (Wildman–Crippen MR) is 113 cm³/mol. The number of amides is 1. The molecule has 0 saturated carbocycles. The molecule has 1 unspecified atom stereocenters. The van der Waals surface area contributed by atoms with Crippen LogP contribution in [0.5, 0.6) is 0 Å². The lowest BCUT2D eigenvalue weighted by atomic mass is 10.2. The van der Waals surface area contributed by atoms with Crippen LogP contribution in [0.15, 0.2) is 24.3 Å². The van der Waals surface area contributed by atoms with Crippen LogP contribution in [0.25, 0.3) is 0 Å². The third-order valence-electron chi connectivity index (χ3n) is 5.62. The highest BCUT2D eigenvalue weighted by atomic mass is 19.1. The fraction of sp³-hybridized carbons (Fsp3) is 0.682. The molecule has 1 atom stereocenters. The van der Waals surface area contributed by atoms with Gasteiger partial charge in [-0.2, -0.15) is 0 Å². The summed E-state index contributed by atoms with van der Waals surface area (Å²) in [5.74, 6) is -2.47. The summed E-state index contributed by atoms with van der Waals surface area (Å²) >= 11 is 0. The first kappa shape index (κ1) is 23.1. The molecule has 0 radical (unpaired) electrons. The van der Waals surface area contributed by atoms with Gasteiger partial charge in [-0.1, -0.05) is 12.1 Å². The number of nitrogens with one attached hydrogen (secondary N) is 1. The lowest BCUT2D eigenvalue weighted by Crippen LogP contribution is -2.47. The van der Waals surface area contributed by atoms with Crippen LogP contribution in [-0.2, 0) is 19.0 Å². The standard InChI is InChI=1S/C22H34FN3O4/c1-22(30-18-14-25-9-4-5-10-25,21(27)24-20-8-3-2-7-19(20)23)29-15-6-11-26-12-16-28-17-13-26/h2-3,7-8H,4-6,9-18H2,1H3,(H,24,27). The molecular weight excluding hydrogens is 389 g/mol. The van der Waals surface area contributed by atoms with Crippen molar-refractivity contribution in [3.63, 3.8) is 0 Å². The molecule has 2 fully saturated rings. The van der Waals surface area contributed by atoms with Gasteiger partial charge in [0.15, 0.2) is 0 Å². The molecule has 2 aliphatic rings. The maximum absolute atomic E-state index is 14.0. The van der Waals surface area contributed by atoms with Gasteiger partial charge in [0.1, 0.15) is 5.82 Å². The molecule has 3 rings (SSSR count). The van der Waals surface area contributed by atoms with Gasteiger partial charge >= 0.3 is 0 Å². The van der Waals surface area contributed by atoms with Crippen molar-refractivity contribution >= 4 is 11.6 Å². The topological polar surface area (TPSA) is 63.3 Å². The smallest absolute Gasteiger partial charge is 0.284 e. The third-order valence-corrected chi connectivity index (χ3v) is 5.62. The minimum absolute atomic E-state index is 0.119. The minimum Gasteiger partial charge on any atom is -0.379 e. The summed E-state index contributed by atoms with van der Waals surface area (Å²) in [5.41, 5.74) is 0.119. The minimum atomic E-state index is -1.48. The van der Waals surface area contributed by atoms with E-state index in [0.29, 0.717) is 13.2 Å². The molecule has 2 heterocycles. The third kappa shape index (κ3) is 6.99. The Morgan fingerprint density at radius 3 is 2.47 bits per heavy atom. The fourth-order valence-electron chi connectivity index (χ4n) is 3.73. The van der Waals surface area contributed by atoms with Gasteiger partial charge in [0.05, 0.1) is 32.1 Å². The van der Waals surface area contributed by atoms with Crippen LogP contribution in [0.2, 0.25) is 0 Å². The van der Waals surface area contributed by atoms with E-state index >= 15 is 0 Å². The lowest BCUT2D eigenvalue weighted by Gasteiger charge is -2.31. The molecule has 30 heavy (non-hydrogen) atoms. The zero-order valence-corrected chi connectivity index (χ0v) is 17.9. The molecule has 2 aliphatic heterocycles. The zero-order chi connectivity index (χ0) is 21.2. The monoisotopic (exact) mass is 423 g/mol. The van der Waals surface area contributed by atoms with Crippen molar-refractivity contribution < 1.29 is 23.4 Å². The molecule has 2 saturated heterocycles. The van der Waals surface area contributed by atoms with Crippen LogP contribution in [0, 0.1) is 5.82 Å². The first-order chi connectivity index (χ1) is 14.6. The largest absolute Gasteiger partial charge is 0.379 e. The van der Waals surface area contributed by atoms with Gasteiger partial charge in [0, 0.05) is 26.2 Å². The highest BCUT2D eigenvalue weighted by Gasteiger charge is 2.36. The number of morpholine rings is 1. The second kappa shape index (κ2) is 11.7. The van der Waals surface area contributed by atoms with E-state index in [1.54, 1.807) is 19.1 Å². The normalized spacial score (nSPS) is 20.2. The first-order valence-corrected chi connectivity index (χ1v) is 10.9. The number of nitrogens with zero attached hydrogens (tertiary/aromatic N) is 2. The molecule has 1 N–H and O–H groups in total. The van der Waals surface area contributed by atoms with E-state index in [0.717, 1.165) is 58.9 Å². The number of rotatable bonds is 11. The number of hydrogen-bond acceptors (Lipinski definition) is 6. The number of anilines is 1. The predicted octanol–water partition coefficient (Wildman–Crippen LogP) is 2.33. The Balaban J connectivity index is 1.53. The molecular formula is C22H34FN3O4. The van der Waals surface area contributed by atoms with E-state index < -0.39 is 17.5 Å². The summed E-state index contributed by atoms with van der Waals surface area (Å²) in [7, 11) is 0. The van der Waals surface area contributed by atoms with E-state index in [4.69, 9.17) is 14.2 Å². The highest BCUT2D eigenvalue weighted by Crippen LogP contribution is 2.20. The van der Waals surface area contributed by atoms with Crippen molar-refractivity contribution in [2.75, 3.05) is 71.0 Å². The molecule has 8 heteroatoms. The summed E-state index contributed by atoms with van der Waals surface area (Å²) in [5, 5.41) is 2.62. The summed E-state index contributed by atoms with van der Waals surface area (Å²) in [6.07, 6.45) is 3.17. The van der Waals surface area contributed by atoms with Crippen molar-refractivity contribution in [1.29, 1.82) is 0 Å². The molecule has 1 aromatic carbocycles. The second-order valence-electron chi connectivity index (χ2n) is 7.93.